The van der Waals surface area contributed by atoms with Crippen LogP contribution in [0.15, 0.2) is 42.6 Å². The number of aryl methyl sites for hydroxylation is 1. The number of nitrogens with zero attached hydrogens (tertiary/aromatic N) is 3. The van der Waals surface area contributed by atoms with Crippen LogP contribution in [0.5, 0.6) is 0 Å². The molecule has 0 bridgehead atoms. The first-order valence-electron chi connectivity index (χ1n) is 7.76. The molecule has 1 aromatic heterocycles. The highest BCUT2D eigenvalue weighted by molar-refractivity contribution is 5.97. The Labute approximate surface area is 142 Å². The van der Waals surface area contributed by atoms with Crippen LogP contribution < -0.4 is 10.7 Å². The van der Waals surface area contributed by atoms with Gasteiger partial charge in [0.15, 0.2) is 6.21 Å². The third-order valence-corrected chi connectivity index (χ3v) is 3.75. The summed E-state index contributed by atoms with van der Waals surface area (Å²) in [5.74, 6) is 0.938. The first-order chi connectivity index (χ1) is 11.4. The van der Waals surface area contributed by atoms with Crippen LogP contribution in [0.3, 0.4) is 0 Å². The molecular weight excluding hydrogens is 302 g/mol. The van der Waals surface area contributed by atoms with E-state index in [9.17, 15) is 4.79 Å². The third kappa shape index (κ3) is 3.90. The number of rotatable bonds is 6. The number of allylic oxidation sites excluding steroid dienone is 2. The van der Waals surface area contributed by atoms with Gasteiger partial charge in [0.25, 0.3) is 5.91 Å². The van der Waals surface area contributed by atoms with Gasteiger partial charge in [0.05, 0.1) is 17.5 Å². The lowest BCUT2D eigenvalue weighted by molar-refractivity contribution is -0.450. The Balaban J connectivity index is 2.16. The van der Waals surface area contributed by atoms with Crippen LogP contribution in [0.4, 0.5) is 0 Å². The van der Waals surface area contributed by atoms with Gasteiger partial charge in [0.2, 0.25) is 0 Å². The maximum atomic E-state index is 12.1. The zero-order valence-electron chi connectivity index (χ0n) is 14.4. The summed E-state index contributed by atoms with van der Waals surface area (Å²) in [6.07, 6.45) is 5.92. The van der Waals surface area contributed by atoms with E-state index in [0.29, 0.717) is 11.3 Å². The highest BCUT2D eigenvalue weighted by atomic mass is 16.2. The summed E-state index contributed by atoms with van der Waals surface area (Å²) in [5.41, 5.74) is 8.73. The molecule has 0 aliphatic heterocycles. The molecule has 0 radical (unpaired) electrons. The first-order valence-corrected chi connectivity index (χ1v) is 7.76. The highest BCUT2D eigenvalue weighted by Gasteiger charge is 2.13. The van der Waals surface area contributed by atoms with Gasteiger partial charge < -0.3 is 15.2 Å². The number of benzene rings is 1. The minimum Gasteiger partial charge on any atom is -0.399 e. The molecule has 6 nitrogen and oxygen atoms in total. The molecule has 0 aliphatic rings. The van der Waals surface area contributed by atoms with Gasteiger partial charge in [-0.1, -0.05) is 6.58 Å². The molecule has 2 aromatic rings. The van der Waals surface area contributed by atoms with Crippen molar-refractivity contribution in [3.8, 4) is 0 Å². The van der Waals surface area contributed by atoms with Crippen molar-refractivity contribution in [1.82, 2.24) is 14.5 Å². The fourth-order valence-electron chi connectivity index (χ4n) is 2.36. The quantitative estimate of drug-likeness (QED) is 0.579. The van der Waals surface area contributed by atoms with Crippen molar-refractivity contribution < 1.29 is 9.79 Å². The third-order valence-electron chi connectivity index (χ3n) is 3.75. The molecule has 0 aliphatic carbocycles. The molecule has 126 valence electrons. The van der Waals surface area contributed by atoms with E-state index in [4.69, 9.17) is 5.73 Å². The number of aromatic nitrogens is 2. The monoisotopic (exact) mass is 326 g/mol. The van der Waals surface area contributed by atoms with Crippen molar-refractivity contribution in [2.75, 3.05) is 20.6 Å². The molecule has 0 spiro atoms. The fourth-order valence-corrected chi connectivity index (χ4v) is 2.36. The standard InChI is InChI=1S/C18H23N5O/c1-5-14(19)8-10-20-11-9-17-21-15-12-13(18(24)22(2)3)6-7-16(15)23(17)4/h5-8,10,12H,1,9,11,19H2,2-4H3/p+1/b14-8+,20-10?. The molecule has 1 amide bonds. The van der Waals surface area contributed by atoms with Gasteiger partial charge in [-0.2, -0.15) is 0 Å². The molecule has 24 heavy (non-hydrogen) atoms. The van der Waals surface area contributed by atoms with Crippen molar-refractivity contribution >= 4 is 23.2 Å². The second-order valence-corrected chi connectivity index (χ2v) is 5.73. The van der Waals surface area contributed by atoms with Crippen molar-refractivity contribution in [3.63, 3.8) is 0 Å². The maximum absolute atomic E-state index is 12.1. The zero-order valence-corrected chi connectivity index (χ0v) is 14.4. The Morgan fingerprint density at radius 2 is 2.21 bits per heavy atom. The molecule has 2 rings (SSSR count). The maximum Gasteiger partial charge on any atom is 0.253 e. The van der Waals surface area contributed by atoms with Crippen LogP contribution in [-0.4, -0.2) is 47.2 Å². The minimum absolute atomic E-state index is 0.0213. The molecule has 1 heterocycles. The van der Waals surface area contributed by atoms with Gasteiger partial charge in [0, 0.05) is 38.5 Å². The van der Waals surface area contributed by atoms with Crippen LogP contribution in [0.25, 0.3) is 11.0 Å². The average Bonchev–Trinajstić information content (AvgIpc) is 2.89. The molecule has 0 fully saturated rings. The van der Waals surface area contributed by atoms with Gasteiger partial charge in [-0.3, -0.25) is 4.79 Å². The lowest BCUT2D eigenvalue weighted by Crippen LogP contribution is -2.69. The largest absolute Gasteiger partial charge is 0.399 e. The van der Waals surface area contributed by atoms with Crippen molar-refractivity contribution in [2.24, 2.45) is 12.8 Å². The van der Waals surface area contributed by atoms with E-state index in [1.165, 1.54) is 0 Å². The van der Waals surface area contributed by atoms with Crippen LogP contribution in [0, 0.1) is 0 Å². The average molecular weight is 326 g/mol. The Bertz CT molecular complexity index is 814. The predicted octanol–water partition coefficient (Wildman–Crippen LogP) is -0.00240. The van der Waals surface area contributed by atoms with E-state index < -0.39 is 0 Å². The van der Waals surface area contributed by atoms with Crippen molar-refractivity contribution in [1.29, 1.82) is 0 Å². The minimum atomic E-state index is -0.0213. The molecular formula is C18H24N5O+. The van der Waals surface area contributed by atoms with Gasteiger partial charge in [-0.25, -0.2) is 9.98 Å². The van der Waals surface area contributed by atoms with E-state index in [1.54, 1.807) is 37.4 Å². The number of amides is 1. The second kappa shape index (κ2) is 7.59. The van der Waals surface area contributed by atoms with Crippen LogP contribution in [0.2, 0.25) is 0 Å². The smallest absolute Gasteiger partial charge is 0.253 e. The first kappa shape index (κ1) is 17.5. The second-order valence-electron chi connectivity index (χ2n) is 5.73. The number of hydrogen-bond donors (Lipinski definition) is 2. The molecule has 0 atom stereocenters. The van der Waals surface area contributed by atoms with E-state index >= 15 is 0 Å². The van der Waals surface area contributed by atoms with Crippen LogP contribution in [-0.2, 0) is 13.5 Å². The Kier molecular flexibility index (Phi) is 5.52. The van der Waals surface area contributed by atoms with Gasteiger partial charge in [-0.15, -0.1) is 0 Å². The summed E-state index contributed by atoms with van der Waals surface area (Å²) in [7, 11) is 5.47. The number of fused-ring (bicyclic) bond motifs is 1. The summed E-state index contributed by atoms with van der Waals surface area (Å²) in [6, 6.07) is 5.62. The molecule has 0 saturated heterocycles. The lowest BCUT2D eigenvalue weighted by Gasteiger charge is -2.09. The highest BCUT2D eigenvalue weighted by Crippen LogP contribution is 2.17. The number of imidazole rings is 1. The number of carbonyl (C=O) groups is 1. The predicted molar refractivity (Wildman–Crippen MR) is 96.8 cm³/mol. The molecule has 0 saturated carbocycles. The number of carbonyl (C=O) groups excluding carboxylic acids is 1. The molecule has 6 heteroatoms. The topological polar surface area (TPSA) is 78.1 Å². The molecule has 3 N–H and O–H groups in total. The fraction of sp³-hybridized carbons (Fsp3) is 0.278. The van der Waals surface area contributed by atoms with E-state index in [-0.39, 0.29) is 5.91 Å². The molecule has 0 unspecified atom stereocenters. The van der Waals surface area contributed by atoms with Gasteiger partial charge >= 0.3 is 0 Å². The van der Waals surface area contributed by atoms with Gasteiger partial charge in [-0.05, 0) is 24.3 Å². The van der Waals surface area contributed by atoms with E-state index in [1.807, 2.05) is 25.2 Å². The molecule has 1 aromatic carbocycles. The van der Waals surface area contributed by atoms with Crippen molar-refractivity contribution in [3.05, 3.63) is 54.0 Å². The van der Waals surface area contributed by atoms with Crippen LogP contribution >= 0.6 is 0 Å². The lowest BCUT2D eigenvalue weighted by atomic mass is 10.2. The summed E-state index contributed by atoms with van der Waals surface area (Å²) in [6.45, 7) is 4.33. The van der Waals surface area contributed by atoms with E-state index in [0.717, 1.165) is 29.8 Å². The Morgan fingerprint density at radius 1 is 1.46 bits per heavy atom. The van der Waals surface area contributed by atoms with E-state index in [2.05, 4.69) is 21.1 Å². The van der Waals surface area contributed by atoms with Gasteiger partial charge in [0.1, 0.15) is 12.4 Å². The normalized spacial score (nSPS) is 12.0. The SMILES string of the molecule is C=C/C(N)=C\C=[NH+]CCc1nc2cc(C(=O)N(C)C)ccc2n1C. The number of nitrogens with two attached hydrogens (primary N) is 1. The summed E-state index contributed by atoms with van der Waals surface area (Å²) >= 11 is 0. The Hall–Kier alpha value is -2.89. The summed E-state index contributed by atoms with van der Waals surface area (Å²) in [4.78, 5) is 21.4. The summed E-state index contributed by atoms with van der Waals surface area (Å²) < 4.78 is 2.05. The zero-order chi connectivity index (χ0) is 17.7. The van der Waals surface area contributed by atoms with Crippen molar-refractivity contribution in [2.45, 2.75) is 6.42 Å². The number of nitrogens with one attached hydrogen (secondary N) is 1. The van der Waals surface area contributed by atoms with Crippen LogP contribution in [0.1, 0.15) is 16.2 Å². The number of hydrogen-bond acceptors (Lipinski definition) is 3. The Morgan fingerprint density at radius 3 is 2.88 bits per heavy atom. The summed E-state index contributed by atoms with van der Waals surface area (Å²) in [5, 5.41) is 0.